The summed E-state index contributed by atoms with van der Waals surface area (Å²) < 4.78 is 3.97. The molecule has 1 radical (unpaired) electrons. The van der Waals surface area contributed by atoms with Crippen molar-refractivity contribution in [1.82, 2.24) is 4.68 Å². The van der Waals surface area contributed by atoms with Crippen LogP contribution in [0.25, 0.3) is 0 Å². The van der Waals surface area contributed by atoms with Crippen LogP contribution < -0.4 is 10.00 Å². The van der Waals surface area contributed by atoms with E-state index >= 15 is 0 Å². The van der Waals surface area contributed by atoms with E-state index in [9.17, 15) is 4.79 Å². The summed E-state index contributed by atoms with van der Waals surface area (Å²) in [7, 11) is 0. The summed E-state index contributed by atoms with van der Waals surface area (Å²) in [4.78, 5) is 12.4. The Balaban J connectivity index is 0.00000225. The minimum Gasteiger partial charge on any atom is -0.324 e. The van der Waals surface area contributed by atoms with Crippen molar-refractivity contribution in [1.29, 1.82) is 0 Å². The molecule has 3 rings (SSSR count). The number of para-hydroxylation sites is 1. The number of aromatic nitrogens is 2. The second-order valence-corrected chi connectivity index (χ2v) is 5.99. The first-order valence-electron chi connectivity index (χ1n) is 8.08. The van der Waals surface area contributed by atoms with Crippen molar-refractivity contribution in [2.75, 3.05) is 5.32 Å². The van der Waals surface area contributed by atoms with Crippen molar-refractivity contribution in [3.8, 4) is 0 Å². The van der Waals surface area contributed by atoms with Gasteiger partial charge in [-0.2, -0.15) is 4.68 Å². The van der Waals surface area contributed by atoms with Crippen LogP contribution >= 0.6 is 0 Å². The van der Waals surface area contributed by atoms with Gasteiger partial charge in [-0.1, -0.05) is 48.5 Å². The van der Waals surface area contributed by atoms with Gasteiger partial charge in [0.05, 0.1) is 6.20 Å². The molecule has 0 saturated carbocycles. The fourth-order valence-electron chi connectivity index (χ4n) is 2.80. The molecular formula is C20H22N3OY+. The predicted molar refractivity (Wildman–Crippen MR) is 94.7 cm³/mol. The van der Waals surface area contributed by atoms with Gasteiger partial charge in [0.2, 0.25) is 5.91 Å². The number of amides is 1. The number of anilines is 1. The number of rotatable bonds is 5. The molecule has 0 saturated heterocycles. The topological polar surface area (TPSA) is 37.9 Å². The minimum atomic E-state index is -0.0228. The van der Waals surface area contributed by atoms with Crippen LogP contribution in [0.3, 0.4) is 0 Å². The number of carbonyl (C=O) groups is 1. The number of hydrogen-bond donors (Lipinski definition) is 1. The van der Waals surface area contributed by atoms with E-state index in [2.05, 4.69) is 17.4 Å². The van der Waals surface area contributed by atoms with Crippen LogP contribution in [0.15, 0.2) is 67.0 Å². The average Bonchev–Trinajstić information content (AvgIpc) is 2.99. The fourth-order valence-corrected chi connectivity index (χ4v) is 2.80. The van der Waals surface area contributed by atoms with Crippen LogP contribution in [0.1, 0.15) is 16.7 Å². The molecule has 1 amide bonds. The molecule has 1 aromatic heterocycles. The van der Waals surface area contributed by atoms with Crippen molar-refractivity contribution in [3.05, 3.63) is 83.7 Å². The van der Waals surface area contributed by atoms with Gasteiger partial charge in [0.25, 0.3) is 0 Å². The van der Waals surface area contributed by atoms with Crippen LogP contribution in [-0.2, 0) is 50.6 Å². The third-order valence-corrected chi connectivity index (χ3v) is 4.08. The Kier molecular flexibility index (Phi) is 7.09. The van der Waals surface area contributed by atoms with E-state index in [1.807, 2.05) is 78.1 Å². The van der Waals surface area contributed by atoms with Crippen LogP contribution in [-0.4, -0.2) is 10.6 Å². The third-order valence-electron chi connectivity index (χ3n) is 4.08. The average molecular weight is 409 g/mol. The zero-order valence-corrected chi connectivity index (χ0v) is 17.5. The van der Waals surface area contributed by atoms with Crippen LogP contribution in [0, 0.1) is 13.8 Å². The molecular weight excluding hydrogens is 387 g/mol. The predicted octanol–water partition coefficient (Wildman–Crippen LogP) is 3.08. The number of carbonyl (C=O) groups excluding carboxylic acids is 1. The summed E-state index contributed by atoms with van der Waals surface area (Å²) in [6.45, 7) is 5.04. The molecule has 0 spiro atoms. The van der Waals surface area contributed by atoms with Crippen LogP contribution in [0.5, 0.6) is 0 Å². The van der Waals surface area contributed by atoms with Gasteiger partial charge in [-0.05, 0) is 25.0 Å². The molecule has 0 fully saturated rings. The van der Waals surface area contributed by atoms with Gasteiger partial charge in [0.1, 0.15) is 0 Å². The van der Waals surface area contributed by atoms with Crippen molar-refractivity contribution in [2.45, 2.75) is 26.9 Å². The Hall–Kier alpha value is -1.78. The number of nitrogens with zero attached hydrogens (tertiary/aromatic N) is 2. The molecule has 0 atom stereocenters. The Morgan fingerprint density at radius 2 is 1.68 bits per heavy atom. The maximum absolute atomic E-state index is 12.4. The largest absolute Gasteiger partial charge is 0.324 e. The number of nitrogens with one attached hydrogen (secondary N) is 1. The molecule has 1 heterocycles. The summed E-state index contributed by atoms with van der Waals surface area (Å²) in [6, 6.07) is 18.2. The van der Waals surface area contributed by atoms with Gasteiger partial charge in [-0.15, -0.1) is 4.68 Å². The van der Waals surface area contributed by atoms with E-state index < -0.39 is 0 Å². The summed E-state index contributed by atoms with van der Waals surface area (Å²) in [6.07, 6.45) is 3.91. The molecule has 4 nitrogen and oxygen atoms in total. The van der Waals surface area contributed by atoms with E-state index in [1.165, 1.54) is 5.56 Å². The quantitative estimate of drug-likeness (QED) is 0.647. The Morgan fingerprint density at radius 3 is 2.36 bits per heavy atom. The number of hydrogen-bond acceptors (Lipinski definition) is 1. The van der Waals surface area contributed by atoms with Crippen LogP contribution in [0.2, 0.25) is 0 Å². The van der Waals surface area contributed by atoms with Crippen LogP contribution in [0.4, 0.5) is 5.69 Å². The van der Waals surface area contributed by atoms with Gasteiger partial charge >= 0.3 is 0 Å². The first kappa shape index (κ1) is 19.5. The monoisotopic (exact) mass is 409 g/mol. The summed E-state index contributed by atoms with van der Waals surface area (Å²) in [5, 5.41) is 3.03. The first-order valence-corrected chi connectivity index (χ1v) is 8.08. The smallest absolute Gasteiger partial charge is 0.250 e. The van der Waals surface area contributed by atoms with Gasteiger partial charge in [0.15, 0.2) is 19.3 Å². The zero-order chi connectivity index (χ0) is 16.9. The molecule has 2 aromatic carbocycles. The SMILES string of the molecule is Cc1cccc(C)c1NC(=O)Cn1ccc[n+]1Cc1ccccc1.[Y]. The normalized spacial score (nSPS) is 10.2. The van der Waals surface area contributed by atoms with Gasteiger partial charge in [0, 0.05) is 50.0 Å². The molecule has 125 valence electrons. The van der Waals surface area contributed by atoms with Gasteiger partial charge in [-0.3, -0.25) is 4.79 Å². The first-order chi connectivity index (χ1) is 11.6. The summed E-state index contributed by atoms with van der Waals surface area (Å²) >= 11 is 0. The van der Waals surface area contributed by atoms with E-state index in [1.54, 1.807) is 0 Å². The van der Waals surface area contributed by atoms with Crippen molar-refractivity contribution in [3.63, 3.8) is 0 Å². The molecule has 0 aliphatic carbocycles. The van der Waals surface area contributed by atoms with E-state index in [4.69, 9.17) is 0 Å². The Bertz CT molecular complexity index is 823. The van der Waals surface area contributed by atoms with Gasteiger partial charge < -0.3 is 5.32 Å². The number of benzene rings is 2. The van der Waals surface area contributed by atoms with Gasteiger partial charge in [-0.25, -0.2) is 0 Å². The van der Waals surface area contributed by atoms with E-state index in [0.29, 0.717) is 0 Å². The van der Waals surface area contributed by atoms with Crippen molar-refractivity contribution < 1.29 is 42.2 Å². The molecule has 0 aliphatic rings. The summed E-state index contributed by atoms with van der Waals surface area (Å²) in [5.41, 5.74) is 4.27. The van der Waals surface area contributed by atoms with Crippen molar-refractivity contribution >= 4 is 11.6 Å². The Morgan fingerprint density at radius 1 is 1.00 bits per heavy atom. The van der Waals surface area contributed by atoms with E-state index in [0.717, 1.165) is 23.4 Å². The van der Waals surface area contributed by atoms with E-state index in [-0.39, 0.29) is 45.2 Å². The minimum absolute atomic E-state index is 0. The second kappa shape index (κ2) is 9.07. The maximum Gasteiger partial charge on any atom is 0.250 e. The molecule has 0 bridgehead atoms. The van der Waals surface area contributed by atoms with Crippen molar-refractivity contribution in [2.24, 2.45) is 0 Å². The number of aryl methyl sites for hydroxylation is 2. The zero-order valence-electron chi connectivity index (χ0n) is 14.6. The molecule has 3 aromatic rings. The third kappa shape index (κ3) is 5.10. The molecule has 1 N–H and O–H groups in total. The second-order valence-electron chi connectivity index (χ2n) is 5.99. The molecule has 0 unspecified atom stereocenters. The molecule has 25 heavy (non-hydrogen) atoms. The standard InChI is InChI=1S/C20H21N3O.Y/c1-16-8-6-9-17(2)20(16)21-19(24)15-23-13-7-12-22(23)14-18-10-4-3-5-11-18;/h3-13H,14-15H2,1-2H3;/p+1. The maximum atomic E-state index is 12.4. The molecule has 5 heteroatoms. The summed E-state index contributed by atoms with van der Waals surface area (Å²) in [5.74, 6) is -0.0228. The Labute approximate surface area is 173 Å². The molecule has 0 aliphatic heterocycles. The fraction of sp³-hybridized carbons (Fsp3) is 0.200.